The van der Waals surface area contributed by atoms with E-state index in [-0.39, 0.29) is 0 Å². The molecular formula is C13H21N3S. The molecule has 0 radical (unpaired) electrons. The molecule has 1 aromatic heterocycles. The van der Waals surface area contributed by atoms with E-state index in [1.54, 1.807) is 6.33 Å². The summed E-state index contributed by atoms with van der Waals surface area (Å²) < 4.78 is 0. The Bertz CT molecular complexity index is 362. The number of nitrogens with zero attached hydrogens (tertiary/aromatic N) is 2. The Hall–Kier alpha value is -0.770. The van der Waals surface area contributed by atoms with Crippen molar-refractivity contribution in [2.45, 2.75) is 56.2 Å². The van der Waals surface area contributed by atoms with Gasteiger partial charge in [0.25, 0.3) is 0 Å². The third-order valence-corrected chi connectivity index (χ3v) is 4.60. The molecule has 0 amide bonds. The Kier molecular flexibility index (Phi) is 4.66. The topological polar surface area (TPSA) is 37.8 Å². The largest absolute Gasteiger partial charge is 0.370 e. The maximum atomic E-state index is 4.42. The van der Waals surface area contributed by atoms with Crippen LogP contribution in [0.25, 0.3) is 0 Å². The molecule has 0 aromatic carbocycles. The molecule has 1 aliphatic rings. The quantitative estimate of drug-likeness (QED) is 0.811. The second-order valence-corrected chi connectivity index (χ2v) is 5.89. The molecule has 94 valence electrons. The first kappa shape index (κ1) is 12.7. The lowest BCUT2D eigenvalue weighted by Gasteiger charge is -2.13. The summed E-state index contributed by atoms with van der Waals surface area (Å²) in [5.74, 6) is 1.00. The van der Waals surface area contributed by atoms with Gasteiger partial charge >= 0.3 is 0 Å². The first-order chi connectivity index (χ1) is 8.31. The van der Waals surface area contributed by atoms with Gasteiger partial charge in [0.2, 0.25) is 0 Å². The van der Waals surface area contributed by atoms with Gasteiger partial charge in [0.15, 0.2) is 0 Å². The van der Waals surface area contributed by atoms with Crippen LogP contribution in [0.4, 0.5) is 5.82 Å². The molecule has 1 heterocycles. The van der Waals surface area contributed by atoms with Crippen LogP contribution in [0.2, 0.25) is 0 Å². The Balaban J connectivity index is 2.05. The smallest absolute Gasteiger partial charge is 0.133 e. The fourth-order valence-electron chi connectivity index (χ4n) is 2.14. The highest BCUT2D eigenvalue weighted by Gasteiger charge is 2.18. The van der Waals surface area contributed by atoms with E-state index in [0.717, 1.165) is 29.1 Å². The van der Waals surface area contributed by atoms with Crippen LogP contribution in [0, 0.1) is 6.92 Å². The third kappa shape index (κ3) is 3.35. The summed E-state index contributed by atoms with van der Waals surface area (Å²) in [7, 11) is 0. The van der Waals surface area contributed by atoms with Crippen molar-refractivity contribution in [1.82, 2.24) is 9.97 Å². The SMILES string of the molecule is CCCNc1ncnc(SC2CCCC2)c1C. The fraction of sp³-hybridized carbons (Fsp3) is 0.692. The summed E-state index contributed by atoms with van der Waals surface area (Å²) in [5, 5.41) is 5.29. The van der Waals surface area contributed by atoms with E-state index in [9.17, 15) is 0 Å². The minimum absolute atomic E-state index is 0.766. The number of nitrogens with one attached hydrogen (secondary N) is 1. The van der Waals surface area contributed by atoms with Crippen molar-refractivity contribution < 1.29 is 0 Å². The lowest BCUT2D eigenvalue weighted by Crippen LogP contribution is -2.06. The van der Waals surface area contributed by atoms with E-state index in [1.165, 1.54) is 31.2 Å². The summed E-state index contributed by atoms with van der Waals surface area (Å²) in [6.07, 6.45) is 8.24. The first-order valence-corrected chi connectivity index (χ1v) is 7.41. The van der Waals surface area contributed by atoms with Crippen LogP contribution in [-0.2, 0) is 0 Å². The van der Waals surface area contributed by atoms with Gasteiger partial charge in [-0.25, -0.2) is 9.97 Å². The number of aromatic nitrogens is 2. The van der Waals surface area contributed by atoms with E-state index in [4.69, 9.17) is 0 Å². The maximum absolute atomic E-state index is 4.42. The molecule has 17 heavy (non-hydrogen) atoms. The van der Waals surface area contributed by atoms with E-state index in [0.29, 0.717) is 0 Å². The van der Waals surface area contributed by atoms with Crippen molar-refractivity contribution in [1.29, 1.82) is 0 Å². The van der Waals surface area contributed by atoms with E-state index < -0.39 is 0 Å². The molecule has 1 aliphatic carbocycles. The molecule has 1 fully saturated rings. The van der Waals surface area contributed by atoms with Gasteiger partial charge in [-0.3, -0.25) is 0 Å². The first-order valence-electron chi connectivity index (χ1n) is 6.53. The minimum atomic E-state index is 0.766. The molecule has 0 spiro atoms. The highest BCUT2D eigenvalue weighted by atomic mass is 32.2. The van der Waals surface area contributed by atoms with Crippen molar-refractivity contribution in [3.63, 3.8) is 0 Å². The van der Waals surface area contributed by atoms with E-state index in [2.05, 4.69) is 29.1 Å². The van der Waals surface area contributed by atoms with Gasteiger partial charge in [-0.05, 0) is 26.2 Å². The molecule has 0 aliphatic heterocycles. The van der Waals surface area contributed by atoms with Gasteiger partial charge in [-0.15, -0.1) is 11.8 Å². The van der Waals surface area contributed by atoms with Crippen LogP contribution in [0.5, 0.6) is 0 Å². The van der Waals surface area contributed by atoms with Gasteiger partial charge in [0.1, 0.15) is 17.2 Å². The summed E-state index contributed by atoms with van der Waals surface area (Å²) >= 11 is 1.93. The predicted molar refractivity (Wildman–Crippen MR) is 73.7 cm³/mol. The van der Waals surface area contributed by atoms with Crippen molar-refractivity contribution in [3.8, 4) is 0 Å². The molecule has 0 saturated heterocycles. The Morgan fingerprint density at radius 2 is 2.12 bits per heavy atom. The normalized spacial score (nSPS) is 16.4. The zero-order chi connectivity index (χ0) is 12.1. The van der Waals surface area contributed by atoms with Crippen LogP contribution >= 0.6 is 11.8 Å². The molecule has 4 heteroatoms. The third-order valence-electron chi connectivity index (χ3n) is 3.16. The number of anilines is 1. The van der Waals surface area contributed by atoms with Crippen LogP contribution in [-0.4, -0.2) is 21.8 Å². The molecular weight excluding hydrogens is 230 g/mol. The maximum Gasteiger partial charge on any atom is 0.133 e. The lowest BCUT2D eigenvalue weighted by atomic mass is 10.3. The van der Waals surface area contributed by atoms with Gasteiger partial charge in [0, 0.05) is 17.4 Å². The lowest BCUT2D eigenvalue weighted by molar-refractivity contribution is 0.886. The number of hydrogen-bond acceptors (Lipinski definition) is 4. The second-order valence-electron chi connectivity index (χ2n) is 4.60. The molecule has 0 unspecified atom stereocenters. The van der Waals surface area contributed by atoms with Crippen molar-refractivity contribution >= 4 is 17.6 Å². The molecule has 0 bridgehead atoms. The number of rotatable bonds is 5. The van der Waals surface area contributed by atoms with Crippen molar-refractivity contribution in [2.24, 2.45) is 0 Å². The summed E-state index contributed by atoms with van der Waals surface area (Å²) in [5.41, 5.74) is 1.21. The molecule has 2 rings (SSSR count). The van der Waals surface area contributed by atoms with Crippen LogP contribution in [0.3, 0.4) is 0 Å². The fourth-order valence-corrected chi connectivity index (χ4v) is 3.40. The predicted octanol–water partition coefficient (Wildman–Crippen LogP) is 3.64. The molecule has 1 saturated carbocycles. The van der Waals surface area contributed by atoms with Crippen molar-refractivity contribution in [3.05, 3.63) is 11.9 Å². The van der Waals surface area contributed by atoms with Gasteiger partial charge in [-0.1, -0.05) is 19.8 Å². The van der Waals surface area contributed by atoms with Crippen LogP contribution in [0.1, 0.15) is 44.6 Å². The average molecular weight is 251 g/mol. The van der Waals surface area contributed by atoms with Crippen LogP contribution < -0.4 is 5.32 Å². The zero-order valence-corrected chi connectivity index (χ0v) is 11.5. The summed E-state index contributed by atoms with van der Waals surface area (Å²) in [4.78, 5) is 8.74. The second kappa shape index (κ2) is 6.24. The van der Waals surface area contributed by atoms with E-state index >= 15 is 0 Å². The van der Waals surface area contributed by atoms with Crippen molar-refractivity contribution in [2.75, 3.05) is 11.9 Å². The van der Waals surface area contributed by atoms with E-state index in [1.807, 2.05) is 11.8 Å². The zero-order valence-electron chi connectivity index (χ0n) is 10.7. The minimum Gasteiger partial charge on any atom is -0.370 e. The molecule has 1 N–H and O–H groups in total. The standard InChI is InChI=1S/C13H21N3S/c1-3-8-14-12-10(2)13(16-9-15-12)17-11-6-4-5-7-11/h9,11H,3-8H2,1-2H3,(H,14,15,16). The average Bonchev–Trinajstić information content (AvgIpc) is 2.83. The van der Waals surface area contributed by atoms with Gasteiger partial charge < -0.3 is 5.32 Å². The number of thioether (sulfide) groups is 1. The highest BCUT2D eigenvalue weighted by Crippen LogP contribution is 2.35. The Morgan fingerprint density at radius 1 is 1.35 bits per heavy atom. The Labute approximate surface area is 108 Å². The number of hydrogen-bond donors (Lipinski definition) is 1. The Morgan fingerprint density at radius 3 is 2.82 bits per heavy atom. The molecule has 0 atom stereocenters. The van der Waals surface area contributed by atoms with Gasteiger partial charge in [-0.2, -0.15) is 0 Å². The molecule has 3 nitrogen and oxygen atoms in total. The molecule has 1 aromatic rings. The monoisotopic (exact) mass is 251 g/mol. The highest BCUT2D eigenvalue weighted by molar-refractivity contribution is 7.99. The summed E-state index contributed by atoms with van der Waals surface area (Å²) in [6, 6.07) is 0. The summed E-state index contributed by atoms with van der Waals surface area (Å²) in [6.45, 7) is 5.26. The van der Waals surface area contributed by atoms with Gasteiger partial charge in [0.05, 0.1) is 0 Å². The van der Waals surface area contributed by atoms with Crippen LogP contribution in [0.15, 0.2) is 11.4 Å².